The molecule has 8 nitrogen and oxygen atoms in total. The maximum Gasteiger partial charge on any atom is 0.472 e. The van der Waals surface area contributed by atoms with Gasteiger partial charge in [-0.2, -0.15) is 0 Å². The van der Waals surface area contributed by atoms with Crippen LogP contribution in [0, 0.1) is 0 Å². The minimum Gasteiger partial charge on any atom is -0.391 e. The summed E-state index contributed by atoms with van der Waals surface area (Å²) in [5.74, 6) is -0.137. The van der Waals surface area contributed by atoms with Gasteiger partial charge in [-0.15, -0.1) is 0 Å². The predicted octanol–water partition coefficient (Wildman–Crippen LogP) is 16.5. The fourth-order valence-corrected chi connectivity index (χ4v) is 9.43. The molecule has 0 fully saturated rings. The molecule has 0 spiro atoms. The number of hydrogen-bond acceptors (Lipinski definition) is 5. The van der Waals surface area contributed by atoms with E-state index in [1.807, 2.05) is 21.1 Å². The molecule has 0 saturated carbocycles. The second-order valence-electron chi connectivity index (χ2n) is 20.7. The van der Waals surface area contributed by atoms with E-state index in [0.29, 0.717) is 23.9 Å². The molecule has 378 valence electrons. The summed E-state index contributed by atoms with van der Waals surface area (Å²) in [5.41, 5.74) is 0. The summed E-state index contributed by atoms with van der Waals surface area (Å²) < 4.78 is 23.8. The number of hydrogen-bond donors (Lipinski definition) is 3. The van der Waals surface area contributed by atoms with Crippen molar-refractivity contribution in [1.82, 2.24) is 5.32 Å². The zero-order valence-corrected chi connectivity index (χ0v) is 44.0. The lowest BCUT2D eigenvalue weighted by atomic mass is 10.0. The van der Waals surface area contributed by atoms with Crippen LogP contribution in [-0.4, -0.2) is 73.4 Å². The Morgan fingerprint density at radius 1 is 0.476 bits per heavy atom. The molecule has 0 aliphatic carbocycles. The normalized spacial score (nSPS) is 14.0. The van der Waals surface area contributed by atoms with Crippen LogP contribution >= 0.6 is 7.82 Å². The van der Waals surface area contributed by atoms with Gasteiger partial charge in [0.1, 0.15) is 13.2 Å². The van der Waals surface area contributed by atoms with Crippen molar-refractivity contribution in [2.24, 2.45) is 0 Å². The minimum atomic E-state index is -4.31. The Morgan fingerprint density at radius 2 is 0.762 bits per heavy atom. The molecule has 0 rings (SSSR count). The van der Waals surface area contributed by atoms with Crippen LogP contribution in [0.3, 0.4) is 0 Å². The number of amides is 1. The smallest absolute Gasteiger partial charge is 0.391 e. The Kier molecular flexibility index (Phi) is 46.2. The van der Waals surface area contributed by atoms with Crippen molar-refractivity contribution in [1.29, 1.82) is 0 Å². The van der Waals surface area contributed by atoms with Gasteiger partial charge in [0.2, 0.25) is 5.91 Å². The van der Waals surface area contributed by atoms with Crippen LogP contribution in [0.25, 0.3) is 0 Å². The molecule has 3 unspecified atom stereocenters. The lowest BCUT2D eigenvalue weighted by Crippen LogP contribution is -2.46. The molecule has 9 heteroatoms. The number of phosphoric ester groups is 1. The highest BCUT2D eigenvalue weighted by Gasteiger charge is 2.28. The maximum atomic E-state index is 13.0. The fourth-order valence-electron chi connectivity index (χ4n) is 8.70. The summed E-state index contributed by atoms with van der Waals surface area (Å²) in [4.78, 5) is 23.3. The average Bonchev–Trinajstić information content (AvgIpc) is 3.24. The molecule has 0 bridgehead atoms. The van der Waals surface area contributed by atoms with Crippen LogP contribution in [0.2, 0.25) is 0 Å². The molecule has 0 aliphatic heterocycles. The first-order chi connectivity index (χ1) is 30.5. The molecule has 0 aromatic heterocycles. The van der Waals surface area contributed by atoms with Gasteiger partial charge in [-0.3, -0.25) is 13.8 Å². The fraction of sp³-hybridized carbons (Fsp3) is 0.981. The first kappa shape index (κ1) is 62.5. The van der Waals surface area contributed by atoms with Crippen molar-refractivity contribution in [3.8, 4) is 0 Å². The summed E-state index contributed by atoms with van der Waals surface area (Å²) in [5, 5.41) is 14.0. The number of quaternary nitrogens is 1. The number of carbonyl (C=O) groups excluding carboxylic acids is 1. The molecule has 0 radical (unpaired) electrons. The van der Waals surface area contributed by atoms with Crippen molar-refractivity contribution < 1.29 is 32.9 Å². The number of rotatable bonds is 52. The first-order valence-corrected chi connectivity index (χ1v) is 29.4. The molecular weight excluding hydrogens is 804 g/mol. The van der Waals surface area contributed by atoms with E-state index in [9.17, 15) is 19.4 Å². The van der Waals surface area contributed by atoms with Gasteiger partial charge in [0.15, 0.2) is 0 Å². The Morgan fingerprint density at radius 3 is 1.06 bits per heavy atom. The topological polar surface area (TPSA) is 105 Å². The average molecular weight is 916 g/mol. The molecular formula is C54H112N2O6P+. The van der Waals surface area contributed by atoms with Crippen LogP contribution in [0.5, 0.6) is 0 Å². The molecule has 1 amide bonds. The zero-order valence-electron chi connectivity index (χ0n) is 43.1. The first-order valence-electron chi connectivity index (χ1n) is 27.9. The Bertz CT molecular complexity index is 994. The number of likely N-dealkylation sites (N-methyl/N-ethyl adjacent to an activating group) is 1. The van der Waals surface area contributed by atoms with Crippen molar-refractivity contribution in [2.75, 3.05) is 40.9 Å². The van der Waals surface area contributed by atoms with Crippen molar-refractivity contribution in [3.05, 3.63) is 0 Å². The third kappa shape index (κ3) is 49.2. The number of nitrogens with one attached hydrogen (secondary N) is 1. The second-order valence-corrected chi connectivity index (χ2v) is 22.1. The molecule has 3 atom stereocenters. The number of phosphoric acid groups is 1. The lowest BCUT2D eigenvalue weighted by Gasteiger charge is -2.26. The number of unbranched alkanes of at least 4 members (excludes halogenated alkanes) is 39. The maximum absolute atomic E-state index is 13.0. The van der Waals surface area contributed by atoms with Crippen LogP contribution in [0.1, 0.15) is 290 Å². The minimum absolute atomic E-state index is 0.0790. The Balaban J connectivity index is 4.10. The molecule has 0 aromatic rings. The van der Waals surface area contributed by atoms with Gasteiger partial charge in [0.25, 0.3) is 0 Å². The van der Waals surface area contributed by atoms with Crippen LogP contribution in [0.15, 0.2) is 0 Å². The monoisotopic (exact) mass is 916 g/mol. The Hall–Kier alpha value is -0.500. The van der Waals surface area contributed by atoms with E-state index in [-0.39, 0.29) is 19.1 Å². The van der Waals surface area contributed by atoms with Crippen LogP contribution < -0.4 is 5.32 Å². The standard InChI is InChI=1S/C54H111N2O6P/c1-6-8-10-12-14-16-18-20-22-24-25-26-27-28-29-30-31-32-34-36-38-40-42-44-46-48-54(58)55-52(51-62-63(59,60)61-50-49-56(3,4)5)53(57)47-45-43-41-39-37-35-33-23-21-19-17-15-13-11-9-7-2/h52-53,57H,6-51H2,1-5H3,(H-,55,58,59,60)/p+1. The SMILES string of the molecule is CCCCCCCCCCCCCCCCCCCCCCCCCCCC(=O)NC(COP(=O)(O)OCC[N+](C)(C)C)C(O)CCCCCCCCCCCCCCCCCC. The van der Waals surface area contributed by atoms with E-state index < -0.39 is 20.0 Å². The number of nitrogens with zero attached hydrogens (tertiary/aromatic N) is 1. The Labute approximate surface area is 393 Å². The summed E-state index contributed by atoms with van der Waals surface area (Å²) in [6.45, 7) is 4.94. The van der Waals surface area contributed by atoms with Crippen LogP contribution in [0.4, 0.5) is 0 Å². The van der Waals surface area contributed by atoms with E-state index >= 15 is 0 Å². The van der Waals surface area contributed by atoms with Crippen molar-refractivity contribution in [3.63, 3.8) is 0 Å². The van der Waals surface area contributed by atoms with E-state index in [2.05, 4.69) is 19.2 Å². The van der Waals surface area contributed by atoms with Gasteiger partial charge < -0.3 is 19.8 Å². The lowest BCUT2D eigenvalue weighted by molar-refractivity contribution is -0.870. The van der Waals surface area contributed by atoms with Gasteiger partial charge in [-0.05, 0) is 12.8 Å². The predicted molar refractivity (Wildman–Crippen MR) is 272 cm³/mol. The summed E-state index contributed by atoms with van der Waals surface area (Å²) in [7, 11) is 1.63. The highest BCUT2D eigenvalue weighted by Crippen LogP contribution is 2.43. The third-order valence-corrected chi connectivity index (χ3v) is 14.1. The quantitative estimate of drug-likeness (QED) is 0.0319. The second kappa shape index (κ2) is 46.6. The molecule has 3 N–H and O–H groups in total. The number of carbonyl (C=O) groups is 1. The molecule has 63 heavy (non-hydrogen) atoms. The van der Waals surface area contributed by atoms with E-state index in [1.165, 1.54) is 225 Å². The van der Waals surface area contributed by atoms with Gasteiger partial charge in [0, 0.05) is 6.42 Å². The number of aliphatic hydroxyl groups is 1. The number of aliphatic hydroxyl groups excluding tert-OH is 1. The summed E-state index contributed by atoms with van der Waals surface area (Å²) >= 11 is 0. The zero-order chi connectivity index (χ0) is 46.4. The van der Waals surface area contributed by atoms with Crippen molar-refractivity contribution in [2.45, 2.75) is 302 Å². The summed E-state index contributed by atoms with van der Waals surface area (Å²) in [6, 6.07) is -0.754. The third-order valence-electron chi connectivity index (χ3n) is 13.1. The van der Waals surface area contributed by atoms with Gasteiger partial charge in [-0.25, -0.2) is 4.57 Å². The van der Waals surface area contributed by atoms with Gasteiger partial charge in [0.05, 0.1) is 39.9 Å². The molecule has 0 heterocycles. The molecule has 0 aliphatic rings. The summed E-state index contributed by atoms with van der Waals surface area (Å²) in [6.07, 6.45) is 54.4. The highest BCUT2D eigenvalue weighted by atomic mass is 31.2. The molecule has 0 saturated heterocycles. The van der Waals surface area contributed by atoms with Gasteiger partial charge in [-0.1, -0.05) is 271 Å². The highest BCUT2D eigenvalue weighted by molar-refractivity contribution is 7.47. The van der Waals surface area contributed by atoms with E-state index in [0.717, 1.165) is 38.5 Å². The van der Waals surface area contributed by atoms with E-state index in [4.69, 9.17) is 9.05 Å². The van der Waals surface area contributed by atoms with E-state index in [1.54, 1.807) is 0 Å². The van der Waals surface area contributed by atoms with Crippen LogP contribution in [-0.2, 0) is 18.4 Å². The largest absolute Gasteiger partial charge is 0.472 e. The van der Waals surface area contributed by atoms with Crippen molar-refractivity contribution >= 4 is 13.7 Å². The van der Waals surface area contributed by atoms with Gasteiger partial charge >= 0.3 is 7.82 Å². The molecule has 0 aromatic carbocycles.